The van der Waals surface area contributed by atoms with Crippen molar-refractivity contribution < 1.29 is 14.0 Å². The van der Waals surface area contributed by atoms with Gasteiger partial charge in [0.05, 0.1) is 5.56 Å². The fourth-order valence-electron chi connectivity index (χ4n) is 1.93. The third-order valence-electron chi connectivity index (χ3n) is 2.94. The number of ether oxygens (including phenoxy) is 2. The molecule has 0 atom stereocenters. The van der Waals surface area contributed by atoms with Gasteiger partial charge < -0.3 is 19.7 Å². The minimum Gasteiger partial charge on any atom is -0.453 e. The second-order valence-electron chi connectivity index (χ2n) is 4.05. The van der Waals surface area contributed by atoms with Crippen LogP contribution in [0.3, 0.4) is 0 Å². The van der Waals surface area contributed by atoms with Gasteiger partial charge in [-0.1, -0.05) is 5.16 Å². The maximum atomic E-state index is 5.55. The summed E-state index contributed by atoms with van der Waals surface area (Å²) in [6, 6.07) is 3.66. The Bertz CT molecular complexity index is 590. The van der Waals surface area contributed by atoms with Crippen LogP contribution in [-0.2, 0) is 0 Å². The van der Waals surface area contributed by atoms with Crippen LogP contribution in [0.25, 0.3) is 11.3 Å². The smallest absolute Gasteiger partial charge is 0.231 e. The number of aromatic nitrogens is 1. The average molecular weight is 232 g/mol. The Labute approximate surface area is 98.1 Å². The quantitative estimate of drug-likeness (QED) is 0.816. The maximum absolute atomic E-state index is 5.55. The maximum Gasteiger partial charge on any atom is 0.231 e. The summed E-state index contributed by atoms with van der Waals surface area (Å²) in [6.07, 6.45) is 0. The van der Waals surface area contributed by atoms with Crippen LogP contribution in [0.15, 0.2) is 16.7 Å². The number of nitrogen functional groups attached to an aromatic ring is 1. The zero-order valence-corrected chi connectivity index (χ0v) is 9.61. The van der Waals surface area contributed by atoms with Crippen LogP contribution in [0.5, 0.6) is 11.5 Å². The Morgan fingerprint density at radius 1 is 1.18 bits per heavy atom. The van der Waals surface area contributed by atoms with Gasteiger partial charge in [0, 0.05) is 6.07 Å². The van der Waals surface area contributed by atoms with E-state index in [0.717, 1.165) is 22.4 Å². The van der Waals surface area contributed by atoms with E-state index in [4.69, 9.17) is 19.7 Å². The van der Waals surface area contributed by atoms with Crippen molar-refractivity contribution in [2.24, 2.45) is 0 Å². The zero-order chi connectivity index (χ0) is 12.0. The molecular formula is C12H12N2O3. The fourth-order valence-corrected chi connectivity index (χ4v) is 1.93. The first-order chi connectivity index (χ1) is 8.16. The number of nitrogens with two attached hydrogens (primary N) is 1. The number of benzene rings is 1. The Morgan fingerprint density at radius 3 is 2.65 bits per heavy atom. The van der Waals surface area contributed by atoms with Gasteiger partial charge in [0.2, 0.25) is 6.79 Å². The van der Waals surface area contributed by atoms with Gasteiger partial charge in [-0.05, 0) is 31.0 Å². The molecule has 0 bridgehead atoms. The molecule has 1 aromatic heterocycles. The number of aryl methyl sites for hydroxylation is 1. The number of anilines is 1. The van der Waals surface area contributed by atoms with Crippen molar-refractivity contribution in [2.75, 3.05) is 12.5 Å². The van der Waals surface area contributed by atoms with Crippen molar-refractivity contribution in [2.45, 2.75) is 13.8 Å². The first-order valence-electron chi connectivity index (χ1n) is 5.29. The summed E-state index contributed by atoms with van der Waals surface area (Å²) in [7, 11) is 0. The minimum atomic E-state index is 0.232. The second kappa shape index (κ2) is 3.41. The number of rotatable bonds is 1. The van der Waals surface area contributed by atoms with Crippen LogP contribution >= 0.6 is 0 Å². The molecule has 5 nitrogen and oxygen atoms in total. The monoisotopic (exact) mass is 232 g/mol. The van der Waals surface area contributed by atoms with Crippen LogP contribution in [-0.4, -0.2) is 11.9 Å². The van der Waals surface area contributed by atoms with Gasteiger partial charge in [0.1, 0.15) is 0 Å². The van der Waals surface area contributed by atoms with Gasteiger partial charge in [0.15, 0.2) is 23.1 Å². The van der Waals surface area contributed by atoms with E-state index in [2.05, 4.69) is 5.16 Å². The van der Waals surface area contributed by atoms with E-state index in [1.54, 1.807) is 6.07 Å². The molecule has 0 saturated heterocycles. The highest BCUT2D eigenvalue weighted by molar-refractivity contribution is 5.74. The van der Waals surface area contributed by atoms with Gasteiger partial charge in [-0.25, -0.2) is 0 Å². The summed E-state index contributed by atoms with van der Waals surface area (Å²) in [6.45, 7) is 4.25. The lowest BCUT2D eigenvalue weighted by Gasteiger charge is -2.08. The Morgan fingerprint density at radius 2 is 1.94 bits per heavy atom. The fraction of sp³-hybridized carbons (Fsp3) is 0.250. The summed E-state index contributed by atoms with van der Waals surface area (Å²) in [5.41, 5.74) is 8.56. The molecule has 2 N–H and O–H groups in total. The summed E-state index contributed by atoms with van der Waals surface area (Å²) in [5, 5.41) is 3.68. The van der Waals surface area contributed by atoms with Crippen molar-refractivity contribution in [1.29, 1.82) is 0 Å². The van der Waals surface area contributed by atoms with Crippen LogP contribution in [0.1, 0.15) is 11.1 Å². The third-order valence-corrected chi connectivity index (χ3v) is 2.94. The van der Waals surface area contributed by atoms with Crippen LogP contribution in [0.4, 0.5) is 5.82 Å². The van der Waals surface area contributed by atoms with Gasteiger partial charge in [-0.3, -0.25) is 0 Å². The summed E-state index contributed by atoms with van der Waals surface area (Å²) < 4.78 is 16.1. The zero-order valence-electron chi connectivity index (χ0n) is 9.61. The van der Waals surface area contributed by atoms with Crippen LogP contribution < -0.4 is 15.2 Å². The van der Waals surface area contributed by atoms with Gasteiger partial charge in [0.25, 0.3) is 0 Å². The lowest BCUT2D eigenvalue weighted by Crippen LogP contribution is -1.93. The third kappa shape index (κ3) is 1.43. The molecule has 1 aliphatic rings. The van der Waals surface area contributed by atoms with Crippen LogP contribution in [0, 0.1) is 13.8 Å². The molecule has 3 rings (SSSR count). The average Bonchev–Trinajstić information content (AvgIpc) is 2.92. The van der Waals surface area contributed by atoms with E-state index in [1.807, 2.05) is 19.9 Å². The highest BCUT2D eigenvalue weighted by atomic mass is 16.7. The largest absolute Gasteiger partial charge is 0.453 e. The molecule has 2 heterocycles. The molecule has 0 aliphatic carbocycles. The highest BCUT2D eigenvalue weighted by Crippen LogP contribution is 2.45. The molecule has 0 radical (unpaired) electrons. The standard InChI is InChI=1S/C12H12N2O3/c1-6-3-8(9-4-10(13)14-17-9)12-11(7(6)2)15-5-16-12/h3-4H,5H2,1-2H3,(H2,13,14). The Balaban J connectivity index is 2.24. The highest BCUT2D eigenvalue weighted by Gasteiger charge is 2.24. The SMILES string of the molecule is Cc1cc(-c2cc(N)no2)c2c(c1C)OCO2. The summed E-state index contributed by atoms with van der Waals surface area (Å²) in [5.74, 6) is 2.41. The van der Waals surface area contributed by atoms with Crippen molar-refractivity contribution in [3.8, 4) is 22.8 Å². The van der Waals surface area contributed by atoms with Gasteiger partial charge in [-0.2, -0.15) is 0 Å². The molecule has 1 aliphatic heterocycles. The number of hydrogen-bond donors (Lipinski definition) is 1. The molecule has 0 unspecified atom stereocenters. The molecule has 1 aromatic carbocycles. The normalized spacial score (nSPS) is 13.1. The van der Waals surface area contributed by atoms with E-state index >= 15 is 0 Å². The molecule has 17 heavy (non-hydrogen) atoms. The summed E-state index contributed by atoms with van der Waals surface area (Å²) in [4.78, 5) is 0. The molecule has 0 amide bonds. The molecule has 0 saturated carbocycles. The minimum absolute atomic E-state index is 0.232. The van der Waals surface area contributed by atoms with Crippen molar-refractivity contribution >= 4 is 5.82 Å². The number of hydrogen-bond acceptors (Lipinski definition) is 5. The lowest BCUT2D eigenvalue weighted by atomic mass is 10.0. The topological polar surface area (TPSA) is 70.5 Å². The molecule has 88 valence electrons. The van der Waals surface area contributed by atoms with Gasteiger partial charge >= 0.3 is 0 Å². The summed E-state index contributed by atoms with van der Waals surface area (Å²) >= 11 is 0. The second-order valence-corrected chi connectivity index (χ2v) is 4.05. The molecule has 2 aromatic rings. The van der Waals surface area contributed by atoms with E-state index in [0.29, 0.717) is 17.3 Å². The molecule has 5 heteroatoms. The predicted molar refractivity (Wildman–Crippen MR) is 61.9 cm³/mol. The molecule has 0 fully saturated rings. The van der Waals surface area contributed by atoms with E-state index < -0.39 is 0 Å². The molecule has 0 spiro atoms. The molecular weight excluding hydrogens is 220 g/mol. The van der Waals surface area contributed by atoms with Gasteiger partial charge in [-0.15, -0.1) is 0 Å². The number of fused-ring (bicyclic) bond motifs is 1. The van der Waals surface area contributed by atoms with E-state index in [-0.39, 0.29) is 6.79 Å². The Kier molecular flexibility index (Phi) is 2.01. The lowest BCUT2D eigenvalue weighted by molar-refractivity contribution is 0.173. The first kappa shape index (κ1) is 10.0. The number of nitrogens with zero attached hydrogens (tertiary/aromatic N) is 1. The van der Waals surface area contributed by atoms with Crippen molar-refractivity contribution in [3.63, 3.8) is 0 Å². The predicted octanol–water partition coefficient (Wildman–Crippen LogP) is 2.27. The van der Waals surface area contributed by atoms with Crippen LogP contribution in [0.2, 0.25) is 0 Å². The van der Waals surface area contributed by atoms with Crippen molar-refractivity contribution in [1.82, 2.24) is 5.16 Å². The van der Waals surface area contributed by atoms with Crippen molar-refractivity contribution in [3.05, 3.63) is 23.3 Å². The van der Waals surface area contributed by atoms with E-state index in [1.165, 1.54) is 0 Å². The first-order valence-corrected chi connectivity index (χ1v) is 5.29. The Hall–Kier alpha value is -2.17. The van der Waals surface area contributed by atoms with E-state index in [9.17, 15) is 0 Å².